The number of hydrogen-bond donors (Lipinski definition) is 0. The fraction of sp³-hybridized carbons (Fsp3) is 0.533. The molecule has 96 valence electrons. The summed E-state index contributed by atoms with van der Waals surface area (Å²) < 4.78 is 5.53. The molecule has 1 aromatic carbocycles. The van der Waals surface area contributed by atoms with E-state index in [1.165, 1.54) is 30.4 Å². The molecule has 0 radical (unpaired) electrons. The van der Waals surface area contributed by atoms with Gasteiger partial charge in [-0.2, -0.15) is 0 Å². The van der Waals surface area contributed by atoms with Gasteiger partial charge in [0.05, 0.1) is 6.54 Å². The van der Waals surface area contributed by atoms with Crippen LogP contribution < -0.4 is 0 Å². The largest absolute Gasteiger partial charge is 0.436 e. The van der Waals surface area contributed by atoms with Gasteiger partial charge in [0.1, 0.15) is 0 Å². The Balaban J connectivity index is 1.95. The second-order valence-electron chi connectivity index (χ2n) is 5.65. The summed E-state index contributed by atoms with van der Waals surface area (Å²) in [7, 11) is 1.78. The standard InChI is InChI=1S/C15H19NO2/c1-15(10-16(2)14(17)18-15)13-8-7-11-5-3-4-6-12(11)9-13/h7-9H,3-6,10H2,1-2H3. The molecule has 1 unspecified atom stereocenters. The molecule has 18 heavy (non-hydrogen) atoms. The van der Waals surface area contributed by atoms with E-state index in [4.69, 9.17) is 4.74 Å². The van der Waals surface area contributed by atoms with E-state index in [9.17, 15) is 4.79 Å². The van der Waals surface area contributed by atoms with Crippen molar-refractivity contribution in [2.24, 2.45) is 0 Å². The Hall–Kier alpha value is -1.51. The lowest BCUT2D eigenvalue weighted by atomic mass is 9.86. The number of ether oxygens (including phenoxy) is 1. The van der Waals surface area contributed by atoms with Gasteiger partial charge >= 0.3 is 6.09 Å². The average molecular weight is 245 g/mol. The number of amides is 1. The van der Waals surface area contributed by atoms with Gasteiger partial charge < -0.3 is 9.64 Å². The first-order valence-electron chi connectivity index (χ1n) is 6.65. The Morgan fingerprint density at radius 3 is 2.61 bits per heavy atom. The Morgan fingerprint density at radius 1 is 1.22 bits per heavy atom. The molecule has 1 fully saturated rings. The van der Waals surface area contributed by atoms with Crippen LogP contribution in [-0.4, -0.2) is 24.6 Å². The molecule has 0 saturated carbocycles. The van der Waals surface area contributed by atoms with Crippen molar-refractivity contribution in [3.8, 4) is 0 Å². The van der Waals surface area contributed by atoms with Gasteiger partial charge in [-0.15, -0.1) is 0 Å². The summed E-state index contributed by atoms with van der Waals surface area (Å²) in [4.78, 5) is 13.2. The van der Waals surface area contributed by atoms with Crippen LogP contribution in [0.5, 0.6) is 0 Å². The van der Waals surface area contributed by atoms with Crippen LogP contribution in [0, 0.1) is 0 Å². The molecule has 1 saturated heterocycles. The summed E-state index contributed by atoms with van der Waals surface area (Å²) >= 11 is 0. The number of carbonyl (C=O) groups excluding carboxylic acids is 1. The normalized spacial score (nSPS) is 27.0. The summed E-state index contributed by atoms with van der Waals surface area (Å²) in [5.74, 6) is 0. The van der Waals surface area contributed by atoms with Crippen LogP contribution in [0.3, 0.4) is 0 Å². The molecule has 0 N–H and O–H groups in total. The van der Waals surface area contributed by atoms with Gasteiger partial charge in [0.25, 0.3) is 0 Å². The van der Waals surface area contributed by atoms with E-state index in [0.29, 0.717) is 6.54 Å². The van der Waals surface area contributed by atoms with Gasteiger partial charge in [-0.3, -0.25) is 0 Å². The minimum atomic E-state index is -0.488. The maximum Gasteiger partial charge on any atom is 0.410 e. The number of benzene rings is 1. The number of rotatable bonds is 1. The van der Waals surface area contributed by atoms with Crippen LogP contribution in [0.25, 0.3) is 0 Å². The lowest BCUT2D eigenvalue weighted by Gasteiger charge is -2.25. The SMILES string of the molecule is CN1CC(C)(c2ccc3c(c2)CCCC3)OC1=O. The zero-order valence-electron chi connectivity index (χ0n) is 11.0. The quantitative estimate of drug-likeness (QED) is 0.761. The first-order chi connectivity index (χ1) is 8.58. The van der Waals surface area contributed by atoms with Crippen LogP contribution >= 0.6 is 0 Å². The van der Waals surface area contributed by atoms with E-state index >= 15 is 0 Å². The monoisotopic (exact) mass is 245 g/mol. The van der Waals surface area contributed by atoms with E-state index in [-0.39, 0.29) is 6.09 Å². The fourth-order valence-electron chi connectivity index (χ4n) is 3.03. The topological polar surface area (TPSA) is 29.5 Å². The van der Waals surface area contributed by atoms with Crippen molar-refractivity contribution in [3.05, 3.63) is 34.9 Å². The molecule has 0 bridgehead atoms. The maximum absolute atomic E-state index is 11.6. The van der Waals surface area contributed by atoms with Crippen LogP contribution in [0.1, 0.15) is 36.5 Å². The molecular formula is C15H19NO2. The minimum Gasteiger partial charge on any atom is -0.436 e. The Bertz CT molecular complexity index is 497. The molecule has 3 heteroatoms. The van der Waals surface area contributed by atoms with Crippen molar-refractivity contribution in [1.82, 2.24) is 4.90 Å². The maximum atomic E-state index is 11.6. The van der Waals surface area contributed by atoms with E-state index in [0.717, 1.165) is 12.0 Å². The van der Waals surface area contributed by atoms with E-state index < -0.39 is 5.60 Å². The predicted octanol–water partition coefficient (Wildman–Crippen LogP) is 2.86. The fourth-order valence-corrected chi connectivity index (χ4v) is 3.03. The van der Waals surface area contributed by atoms with Crippen molar-refractivity contribution in [1.29, 1.82) is 0 Å². The molecule has 1 aliphatic carbocycles. The van der Waals surface area contributed by atoms with Crippen LogP contribution in [-0.2, 0) is 23.2 Å². The molecule has 1 aliphatic heterocycles. The van der Waals surface area contributed by atoms with Gasteiger partial charge in [-0.25, -0.2) is 4.79 Å². The number of nitrogens with zero attached hydrogens (tertiary/aromatic N) is 1. The van der Waals surface area contributed by atoms with Crippen molar-refractivity contribution in [2.75, 3.05) is 13.6 Å². The van der Waals surface area contributed by atoms with Gasteiger partial charge in [-0.05, 0) is 49.3 Å². The first kappa shape index (κ1) is 11.6. The molecule has 3 nitrogen and oxygen atoms in total. The summed E-state index contributed by atoms with van der Waals surface area (Å²) in [6.45, 7) is 2.63. The highest BCUT2D eigenvalue weighted by Crippen LogP contribution is 2.34. The Kier molecular flexibility index (Phi) is 2.58. The summed E-state index contributed by atoms with van der Waals surface area (Å²) in [6, 6.07) is 6.57. The molecule has 1 amide bonds. The number of likely N-dealkylation sites (N-methyl/N-ethyl adjacent to an activating group) is 1. The minimum absolute atomic E-state index is 0.227. The third kappa shape index (κ3) is 1.78. The molecular weight excluding hydrogens is 226 g/mol. The molecule has 1 aromatic rings. The number of carbonyl (C=O) groups is 1. The third-order valence-corrected chi connectivity index (χ3v) is 4.12. The summed E-state index contributed by atoms with van der Waals surface area (Å²) in [6.07, 6.45) is 4.68. The van der Waals surface area contributed by atoms with Crippen molar-refractivity contribution in [2.45, 2.75) is 38.2 Å². The zero-order valence-corrected chi connectivity index (χ0v) is 11.0. The van der Waals surface area contributed by atoms with E-state index in [1.54, 1.807) is 11.9 Å². The van der Waals surface area contributed by atoms with Crippen molar-refractivity contribution < 1.29 is 9.53 Å². The molecule has 0 aromatic heterocycles. The second-order valence-corrected chi connectivity index (χ2v) is 5.65. The molecule has 1 heterocycles. The third-order valence-electron chi connectivity index (χ3n) is 4.12. The lowest BCUT2D eigenvalue weighted by molar-refractivity contribution is 0.0700. The van der Waals surface area contributed by atoms with Crippen LogP contribution in [0.4, 0.5) is 4.79 Å². The van der Waals surface area contributed by atoms with E-state index in [2.05, 4.69) is 18.2 Å². The second kappa shape index (κ2) is 4.01. The summed E-state index contributed by atoms with van der Waals surface area (Å²) in [5, 5.41) is 0. The van der Waals surface area contributed by atoms with Crippen molar-refractivity contribution >= 4 is 6.09 Å². The average Bonchev–Trinajstić information content (AvgIpc) is 2.64. The van der Waals surface area contributed by atoms with Crippen LogP contribution in [0.15, 0.2) is 18.2 Å². The number of cyclic esters (lactones) is 1. The lowest BCUT2D eigenvalue weighted by Crippen LogP contribution is -2.27. The van der Waals surface area contributed by atoms with E-state index in [1.807, 2.05) is 6.92 Å². The van der Waals surface area contributed by atoms with Gasteiger partial charge in [-0.1, -0.05) is 18.2 Å². The molecule has 2 aliphatic rings. The summed E-state index contributed by atoms with van der Waals surface area (Å²) in [5.41, 5.74) is 3.54. The van der Waals surface area contributed by atoms with Gasteiger partial charge in [0, 0.05) is 7.05 Å². The predicted molar refractivity (Wildman–Crippen MR) is 69.5 cm³/mol. The molecule has 3 rings (SSSR count). The highest BCUT2D eigenvalue weighted by atomic mass is 16.6. The van der Waals surface area contributed by atoms with Gasteiger partial charge in [0.2, 0.25) is 0 Å². The molecule has 1 atom stereocenters. The number of aryl methyl sites for hydroxylation is 2. The highest BCUT2D eigenvalue weighted by molar-refractivity contribution is 5.70. The van der Waals surface area contributed by atoms with Crippen LogP contribution in [0.2, 0.25) is 0 Å². The number of hydrogen-bond acceptors (Lipinski definition) is 2. The van der Waals surface area contributed by atoms with Gasteiger partial charge in [0.15, 0.2) is 5.60 Å². The smallest absolute Gasteiger partial charge is 0.410 e. The molecule has 0 spiro atoms. The van der Waals surface area contributed by atoms with Crippen molar-refractivity contribution in [3.63, 3.8) is 0 Å². The highest BCUT2D eigenvalue weighted by Gasteiger charge is 2.41. The Labute approximate surface area is 108 Å². The zero-order chi connectivity index (χ0) is 12.8. The number of fused-ring (bicyclic) bond motifs is 1. The Morgan fingerprint density at radius 2 is 1.94 bits per heavy atom. The first-order valence-corrected chi connectivity index (χ1v) is 6.65.